The summed E-state index contributed by atoms with van der Waals surface area (Å²) in [5, 5.41) is 0. The van der Waals surface area contributed by atoms with E-state index in [9.17, 15) is 13.2 Å². The lowest BCUT2D eigenvalue weighted by molar-refractivity contribution is -0.176. The van der Waals surface area contributed by atoms with Crippen LogP contribution < -0.4 is 0 Å². The molecule has 7 heteroatoms. The quantitative estimate of drug-likeness (QED) is 0.589. The van der Waals surface area contributed by atoms with Crippen molar-refractivity contribution in [2.24, 2.45) is 0 Å². The van der Waals surface area contributed by atoms with Gasteiger partial charge in [0.1, 0.15) is 16.5 Å². The van der Waals surface area contributed by atoms with Crippen LogP contribution in [0.2, 0.25) is 39.3 Å². The summed E-state index contributed by atoms with van der Waals surface area (Å²) >= 11 is 0. The molecule has 0 amide bonds. The lowest BCUT2D eigenvalue weighted by Gasteiger charge is -2.25. The molecule has 2 nitrogen and oxygen atoms in total. The molecule has 2 unspecified atom stereocenters. The highest BCUT2D eigenvalue weighted by atomic mass is 28.3. The van der Waals surface area contributed by atoms with Gasteiger partial charge in [-0.3, -0.25) is 0 Å². The number of hydrazine groups is 1. The summed E-state index contributed by atoms with van der Waals surface area (Å²) in [5.74, 6) is 0. The molecule has 1 aliphatic heterocycles. The first-order valence-electron chi connectivity index (χ1n) is 7.07. The molecule has 0 saturated carbocycles. The molecule has 1 aromatic carbocycles. The molecule has 1 heterocycles. The van der Waals surface area contributed by atoms with Crippen LogP contribution in [0, 0.1) is 0 Å². The van der Waals surface area contributed by atoms with Crippen LogP contribution in [0.3, 0.4) is 0 Å². The zero-order chi connectivity index (χ0) is 16.3. The molecule has 21 heavy (non-hydrogen) atoms. The number of hydrogen-bond donors (Lipinski definition) is 0. The maximum absolute atomic E-state index is 14.1. The van der Waals surface area contributed by atoms with E-state index in [1.807, 2.05) is 39.3 Å². The Bertz CT molecular complexity index is 498. The fourth-order valence-electron chi connectivity index (χ4n) is 3.11. The molecule has 0 bridgehead atoms. The van der Waals surface area contributed by atoms with E-state index in [0.717, 1.165) is 0 Å². The van der Waals surface area contributed by atoms with Crippen LogP contribution in [0.25, 0.3) is 0 Å². The third-order valence-corrected chi connectivity index (χ3v) is 7.40. The van der Waals surface area contributed by atoms with Gasteiger partial charge in [0, 0.05) is 0 Å². The summed E-state index contributed by atoms with van der Waals surface area (Å²) in [7, 11) is -4.30. The summed E-state index contributed by atoms with van der Waals surface area (Å²) in [6, 6.07) is 8.33. The molecule has 0 aromatic heterocycles. The molecular formula is C14H23F3N2Si2. The number of hydrogen-bond acceptors (Lipinski definition) is 2. The zero-order valence-corrected chi connectivity index (χ0v) is 15.4. The van der Waals surface area contributed by atoms with Crippen molar-refractivity contribution in [3.8, 4) is 0 Å². The van der Waals surface area contributed by atoms with Gasteiger partial charge in [0.05, 0.1) is 0 Å². The van der Waals surface area contributed by atoms with Crippen molar-refractivity contribution in [1.82, 2.24) is 9.35 Å². The topological polar surface area (TPSA) is 6.02 Å². The highest BCUT2D eigenvalue weighted by Gasteiger charge is 2.81. The first-order chi connectivity index (χ1) is 9.34. The largest absolute Gasteiger partial charge is 0.425 e. The van der Waals surface area contributed by atoms with E-state index < -0.39 is 28.3 Å². The number of benzene rings is 1. The molecule has 1 fully saturated rings. The highest BCUT2D eigenvalue weighted by Crippen LogP contribution is 2.62. The number of nitrogens with zero attached hydrogens (tertiary/aromatic N) is 2. The number of alkyl halides is 3. The van der Waals surface area contributed by atoms with Gasteiger partial charge >= 0.3 is 6.18 Å². The van der Waals surface area contributed by atoms with Crippen molar-refractivity contribution in [2.45, 2.75) is 51.1 Å². The minimum Gasteiger partial charge on any atom is -0.237 e. The fraction of sp³-hybridized carbons (Fsp3) is 0.571. The van der Waals surface area contributed by atoms with Gasteiger partial charge < -0.3 is 0 Å². The highest BCUT2D eigenvalue weighted by molar-refractivity contribution is 6.79. The van der Waals surface area contributed by atoms with Crippen molar-refractivity contribution in [1.29, 1.82) is 0 Å². The van der Waals surface area contributed by atoms with Crippen LogP contribution in [-0.4, -0.2) is 32.0 Å². The predicted molar refractivity (Wildman–Crippen MR) is 84.5 cm³/mol. The molecule has 118 valence electrons. The molecule has 0 spiro atoms. The van der Waals surface area contributed by atoms with E-state index in [-0.39, 0.29) is 0 Å². The maximum Gasteiger partial charge on any atom is 0.425 e. The van der Waals surface area contributed by atoms with Gasteiger partial charge in [-0.2, -0.15) is 13.2 Å². The lowest BCUT2D eigenvalue weighted by Crippen LogP contribution is -2.43. The molecule has 2 rings (SSSR count). The fourth-order valence-corrected chi connectivity index (χ4v) is 9.05. The van der Waals surface area contributed by atoms with Gasteiger partial charge in [0.15, 0.2) is 0 Å². The van der Waals surface area contributed by atoms with Gasteiger partial charge in [-0.25, -0.2) is 9.35 Å². The van der Waals surface area contributed by atoms with Crippen LogP contribution in [0.1, 0.15) is 5.56 Å². The van der Waals surface area contributed by atoms with Crippen LogP contribution in [0.4, 0.5) is 13.2 Å². The smallest absolute Gasteiger partial charge is 0.237 e. The second-order valence-corrected chi connectivity index (χ2v) is 17.0. The minimum absolute atomic E-state index is 0.336. The Morgan fingerprint density at radius 3 is 1.48 bits per heavy atom. The average molecular weight is 333 g/mol. The van der Waals surface area contributed by atoms with E-state index in [4.69, 9.17) is 0 Å². The predicted octanol–water partition coefficient (Wildman–Crippen LogP) is 4.60. The Kier molecular flexibility index (Phi) is 3.73. The Balaban J connectivity index is 2.67. The maximum atomic E-state index is 14.1. The van der Waals surface area contributed by atoms with Crippen molar-refractivity contribution in [3.05, 3.63) is 35.9 Å². The SMILES string of the molecule is C[Si](C)(C)N1N([Si](C)(C)C)C1(c1ccccc1)C(F)(F)F. The normalized spacial score (nSPS) is 30.3. The van der Waals surface area contributed by atoms with Crippen LogP contribution >= 0.6 is 0 Å². The lowest BCUT2D eigenvalue weighted by atomic mass is 10.0. The standard InChI is InChI=1S/C14H23F3N2Si2/c1-20(2,3)18-13(14(15,16)17,19(18)21(4,5)6)12-10-8-7-9-11-12/h7-11H,1-6H3. The summed E-state index contributed by atoms with van der Waals surface area (Å²) in [4.78, 5) is 0. The van der Waals surface area contributed by atoms with E-state index in [2.05, 4.69) is 0 Å². The van der Waals surface area contributed by atoms with Crippen molar-refractivity contribution in [2.75, 3.05) is 0 Å². The molecule has 0 aliphatic carbocycles. The first-order valence-corrected chi connectivity index (χ1v) is 14.0. The van der Waals surface area contributed by atoms with Gasteiger partial charge in [-0.1, -0.05) is 69.6 Å². The number of rotatable bonds is 3. The van der Waals surface area contributed by atoms with E-state index in [0.29, 0.717) is 5.56 Å². The molecule has 1 aromatic rings. The molecule has 0 radical (unpaired) electrons. The van der Waals surface area contributed by atoms with Gasteiger partial charge in [0.2, 0.25) is 5.66 Å². The van der Waals surface area contributed by atoms with Crippen LogP contribution in [0.5, 0.6) is 0 Å². The summed E-state index contributed by atoms with van der Waals surface area (Å²) < 4.78 is 45.6. The summed E-state index contributed by atoms with van der Waals surface area (Å²) in [5.41, 5.74) is -1.59. The Morgan fingerprint density at radius 2 is 1.19 bits per heavy atom. The number of halogens is 3. The van der Waals surface area contributed by atoms with E-state index >= 15 is 0 Å². The third kappa shape index (κ3) is 2.50. The second-order valence-electron chi connectivity index (χ2n) is 7.50. The van der Waals surface area contributed by atoms with Crippen molar-refractivity contribution < 1.29 is 13.2 Å². The summed E-state index contributed by atoms with van der Waals surface area (Å²) in [6.45, 7) is 11.8. The summed E-state index contributed by atoms with van der Waals surface area (Å²) in [6.07, 6.45) is -4.31. The molecular weight excluding hydrogens is 309 g/mol. The molecule has 1 aliphatic rings. The van der Waals surface area contributed by atoms with Crippen LogP contribution in [-0.2, 0) is 5.66 Å². The molecule has 1 saturated heterocycles. The Morgan fingerprint density at radius 1 is 0.810 bits per heavy atom. The molecule has 2 atom stereocenters. The van der Waals surface area contributed by atoms with E-state index in [1.54, 1.807) is 39.7 Å². The van der Waals surface area contributed by atoms with Crippen molar-refractivity contribution >= 4 is 16.5 Å². The van der Waals surface area contributed by atoms with Crippen molar-refractivity contribution in [3.63, 3.8) is 0 Å². The monoisotopic (exact) mass is 332 g/mol. The van der Waals surface area contributed by atoms with Gasteiger partial charge in [0.25, 0.3) is 0 Å². The third-order valence-electron chi connectivity index (χ3n) is 3.62. The first kappa shape index (κ1) is 16.7. The second kappa shape index (κ2) is 4.68. The zero-order valence-electron chi connectivity index (χ0n) is 13.4. The van der Waals surface area contributed by atoms with Gasteiger partial charge in [-0.05, 0) is 5.56 Å². The van der Waals surface area contributed by atoms with Gasteiger partial charge in [-0.15, -0.1) is 0 Å². The minimum atomic E-state index is -4.31. The average Bonchev–Trinajstić information content (AvgIpc) is 3.00. The molecule has 0 N–H and O–H groups in total. The van der Waals surface area contributed by atoms with E-state index in [1.165, 1.54) is 0 Å². The Hall–Kier alpha value is -0.636. The van der Waals surface area contributed by atoms with Crippen LogP contribution in [0.15, 0.2) is 30.3 Å². The Labute approximate surface area is 126 Å².